The number of hydrogen-bond acceptors (Lipinski definition) is 4. The highest BCUT2D eigenvalue weighted by molar-refractivity contribution is 5.83. The maximum atomic E-state index is 12.3. The molecular weight excluding hydrogens is 396 g/mol. The van der Waals surface area contributed by atoms with Gasteiger partial charge in [-0.2, -0.15) is 0 Å². The second-order valence-corrected chi connectivity index (χ2v) is 8.34. The van der Waals surface area contributed by atoms with E-state index in [9.17, 15) is 14.4 Å². The Morgan fingerprint density at radius 2 is 1.61 bits per heavy atom. The number of benzene rings is 2. The molecular formula is C24H26N2O5. The first-order chi connectivity index (χ1) is 14.9. The molecule has 4 rings (SSSR count). The average Bonchev–Trinajstić information content (AvgIpc) is 3.04. The fraction of sp³-hybridized carbons (Fsp3) is 0.375. The summed E-state index contributed by atoms with van der Waals surface area (Å²) < 4.78 is 5.55. The summed E-state index contributed by atoms with van der Waals surface area (Å²) in [4.78, 5) is 34.9. The third-order valence-corrected chi connectivity index (χ3v) is 6.12. The van der Waals surface area contributed by atoms with Crippen molar-refractivity contribution in [2.45, 2.75) is 44.2 Å². The SMILES string of the molecule is C[C@H](NC(=O)CC1CC(NC(=O)OCC2c3ccccc3-c3ccccc32)C1)C(=O)O. The van der Waals surface area contributed by atoms with Gasteiger partial charge in [0, 0.05) is 18.4 Å². The Balaban J connectivity index is 1.23. The summed E-state index contributed by atoms with van der Waals surface area (Å²) in [5.41, 5.74) is 4.71. The molecule has 2 aliphatic carbocycles. The highest BCUT2D eigenvalue weighted by Gasteiger charge is 2.33. The average molecular weight is 422 g/mol. The molecule has 31 heavy (non-hydrogen) atoms. The van der Waals surface area contributed by atoms with Crippen molar-refractivity contribution in [3.05, 3.63) is 59.7 Å². The number of alkyl carbamates (subject to hydrolysis) is 1. The molecule has 1 saturated carbocycles. The van der Waals surface area contributed by atoms with Crippen molar-refractivity contribution in [3.8, 4) is 11.1 Å². The van der Waals surface area contributed by atoms with Crippen LogP contribution in [-0.2, 0) is 14.3 Å². The van der Waals surface area contributed by atoms with Crippen LogP contribution < -0.4 is 10.6 Å². The lowest BCUT2D eigenvalue weighted by Gasteiger charge is -2.35. The van der Waals surface area contributed by atoms with Crippen LogP contribution in [0.2, 0.25) is 0 Å². The Morgan fingerprint density at radius 3 is 2.19 bits per heavy atom. The van der Waals surface area contributed by atoms with Crippen LogP contribution in [0.3, 0.4) is 0 Å². The maximum Gasteiger partial charge on any atom is 0.407 e. The van der Waals surface area contributed by atoms with Gasteiger partial charge in [0.15, 0.2) is 0 Å². The van der Waals surface area contributed by atoms with Gasteiger partial charge in [-0.3, -0.25) is 9.59 Å². The van der Waals surface area contributed by atoms with Gasteiger partial charge < -0.3 is 20.5 Å². The number of carbonyl (C=O) groups is 3. The van der Waals surface area contributed by atoms with Gasteiger partial charge in [-0.05, 0) is 47.9 Å². The van der Waals surface area contributed by atoms with Gasteiger partial charge in [-0.25, -0.2) is 4.79 Å². The van der Waals surface area contributed by atoms with Gasteiger partial charge in [0.25, 0.3) is 0 Å². The zero-order valence-corrected chi connectivity index (χ0v) is 17.3. The Bertz CT molecular complexity index is 953. The number of nitrogens with one attached hydrogen (secondary N) is 2. The first-order valence-electron chi connectivity index (χ1n) is 10.6. The van der Waals surface area contributed by atoms with E-state index in [2.05, 4.69) is 34.9 Å². The van der Waals surface area contributed by atoms with E-state index in [0.717, 1.165) is 0 Å². The molecule has 0 bridgehead atoms. The lowest BCUT2D eigenvalue weighted by Crippen LogP contribution is -2.47. The second kappa shape index (κ2) is 8.79. The molecule has 2 aromatic rings. The highest BCUT2D eigenvalue weighted by Crippen LogP contribution is 2.44. The van der Waals surface area contributed by atoms with Crippen LogP contribution in [0, 0.1) is 5.92 Å². The largest absolute Gasteiger partial charge is 0.480 e. The molecule has 7 nitrogen and oxygen atoms in total. The van der Waals surface area contributed by atoms with Crippen LogP contribution in [0.4, 0.5) is 4.79 Å². The third kappa shape index (κ3) is 4.55. The van der Waals surface area contributed by atoms with E-state index in [1.807, 2.05) is 24.3 Å². The summed E-state index contributed by atoms with van der Waals surface area (Å²) in [7, 11) is 0. The third-order valence-electron chi connectivity index (χ3n) is 6.12. The van der Waals surface area contributed by atoms with Crippen molar-refractivity contribution in [2.24, 2.45) is 5.92 Å². The van der Waals surface area contributed by atoms with E-state index in [-0.39, 0.29) is 36.8 Å². The molecule has 2 amide bonds. The smallest absolute Gasteiger partial charge is 0.407 e. The van der Waals surface area contributed by atoms with Crippen LogP contribution in [-0.4, -0.2) is 41.8 Å². The highest BCUT2D eigenvalue weighted by atomic mass is 16.5. The molecule has 2 aromatic carbocycles. The number of hydrogen-bond donors (Lipinski definition) is 3. The number of carbonyl (C=O) groups excluding carboxylic acids is 2. The lowest BCUT2D eigenvalue weighted by molar-refractivity contribution is -0.141. The Morgan fingerprint density at radius 1 is 1.03 bits per heavy atom. The molecule has 2 aliphatic rings. The minimum absolute atomic E-state index is 0.0206. The summed E-state index contributed by atoms with van der Waals surface area (Å²) >= 11 is 0. The first kappa shape index (κ1) is 20.9. The fourth-order valence-corrected chi connectivity index (χ4v) is 4.45. The van der Waals surface area contributed by atoms with Crippen molar-refractivity contribution in [1.82, 2.24) is 10.6 Å². The molecule has 1 atom stereocenters. The Labute approximate surface area is 180 Å². The van der Waals surface area contributed by atoms with Crippen molar-refractivity contribution in [3.63, 3.8) is 0 Å². The summed E-state index contributed by atoms with van der Waals surface area (Å²) in [6.45, 7) is 1.70. The van der Waals surface area contributed by atoms with Crippen molar-refractivity contribution in [2.75, 3.05) is 6.61 Å². The van der Waals surface area contributed by atoms with Crippen LogP contribution in [0.15, 0.2) is 48.5 Å². The Hall–Kier alpha value is -3.35. The summed E-state index contributed by atoms with van der Waals surface area (Å²) in [6, 6.07) is 15.4. The van der Waals surface area contributed by atoms with Crippen LogP contribution >= 0.6 is 0 Å². The molecule has 0 radical (unpaired) electrons. The number of carboxylic acids is 1. The van der Waals surface area contributed by atoms with Gasteiger partial charge in [0.1, 0.15) is 12.6 Å². The summed E-state index contributed by atoms with van der Waals surface area (Å²) in [6.07, 6.45) is 1.17. The van der Waals surface area contributed by atoms with E-state index in [0.29, 0.717) is 12.8 Å². The molecule has 0 saturated heterocycles. The maximum absolute atomic E-state index is 12.3. The van der Waals surface area contributed by atoms with Crippen LogP contribution in [0.5, 0.6) is 0 Å². The predicted octanol–water partition coefficient (Wildman–Crippen LogP) is 3.28. The van der Waals surface area contributed by atoms with Crippen molar-refractivity contribution in [1.29, 1.82) is 0 Å². The monoisotopic (exact) mass is 422 g/mol. The zero-order chi connectivity index (χ0) is 22.0. The molecule has 0 unspecified atom stereocenters. The van der Waals surface area contributed by atoms with Crippen molar-refractivity contribution >= 4 is 18.0 Å². The number of fused-ring (bicyclic) bond motifs is 3. The molecule has 0 spiro atoms. The predicted molar refractivity (Wildman–Crippen MR) is 115 cm³/mol. The quantitative estimate of drug-likeness (QED) is 0.635. The molecule has 7 heteroatoms. The molecule has 0 heterocycles. The first-order valence-corrected chi connectivity index (χ1v) is 10.6. The van der Waals surface area contributed by atoms with Gasteiger partial charge in [0.2, 0.25) is 5.91 Å². The number of amides is 2. The minimum atomic E-state index is -1.06. The molecule has 3 N–H and O–H groups in total. The van der Waals surface area contributed by atoms with E-state index >= 15 is 0 Å². The van der Waals surface area contributed by atoms with E-state index in [4.69, 9.17) is 9.84 Å². The number of ether oxygens (including phenoxy) is 1. The van der Waals surface area contributed by atoms with Gasteiger partial charge >= 0.3 is 12.1 Å². The van der Waals surface area contributed by atoms with E-state index in [1.165, 1.54) is 29.2 Å². The molecule has 162 valence electrons. The zero-order valence-electron chi connectivity index (χ0n) is 17.3. The summed E-state index contributed by atoms with van der Waals surface area (Å²) in [5.74, 6) is -1.18. The van der Waals surface area contributed by atoms with Gasteiger partial charge in [0.05, 0.1) is 0 Å². The van der Waals surface area contributed by atoms with Crippen LogP contribution in [0.25, 0.3) is 11.1 Å². The standard InChI is InChI=1S/C24H26N2O5/c1-14(23(28)29)25-22(27)12-15-10-16(11-15)26-24(30)31-13-21-19-8-4-2-6-17(19)18-7-3-5-9-20(18)21/h2-9,14-16,21H,10-13H2,1H3,(H,25,27)(H,26,30)(H,28,29)/t14-,15?,16?/m0/s1. The van der Waals surface area contributed by atoms with Crippen molar-refractivity contribution < 1.29 is 24.2 Å². The molecule has 0 aromatic heterocycles. The minimum Gasteiger partial charge on any atom is -0.480 e. The van der Waals surface area contributed by atoms with Gasteiger partial charge in [-0.15, -0.1) is 0 Å². The normalized spacial score (nSPS) is 20.0. The number of rotatable bonds is 7. The van der Waals surface area contributed by atoms with E-state index < -0.39 is 18.1 Å². The second-order valence-electron chi connectivity index (χ2n) is 8.34. The number of aliphatic carboxylic acids is 1. The Kier molecular flexibility index (Phi) is 5.93. The molecule has 1 fully saturated rings. The van der Waals surface area contributed by atoms with E-state index in [1.54, 1.807) is 0 Å². The molecule has 0 aliphatic heterocycles. The van der Waals surface area contributed by atoms with Crippen LogP contribution in [0.1, 0.15) is 43.2 Å². The summed E-state index contributed by atoms with van der Waals surface area (Å²) in [5, 5.41) is 14.2. The topological polar surface area (TPSA) is 105 Å². The lowest BCUT2D eigenvalue weighted by atomic mass is 9.78. The fourth-order valence-electron chi connectivity index (χ4n) is 4.45. The van der Waals surface area contributed by atoms with Gasteiger partial charge in [-0.1, -0.05) is 48.5 Å². The number of carboxylic acid groups (broad SMARTS) is 1.